The fraction of sp³-hybridized carbons (Fsp3) is 0.375. The van der Waals surface area contributed by atoms with Gasteiger partial charge in [-0.1, -0.05) is 30.9 Å². The van der Waals surface area contributed by atoms with Gasteiger partial charge in [0, 0.05) is 5.92 Å². The summed E-state index contributed by atoms with van der Waals surface area (Å²) in [5.74, 6) is -1.76. The number of hydrogen-bond donors (Lipinski definition) is 2. The molecule has 7 heteroatoms. The van der Waals surface area contributed by atoms with Gasteiger partial charge in [0.1, 0.15) is 10.6 Å². The van der Waals surface area contributed by atoms with Gasteiger partial charge in [0.05, 0.1) is 10.4 Å². The highest BCUT2D eigenvalue weighted by molar-refractivity contribution is 8.05. The van der Waals surface area contributed by atoms with Crippen molar-refractivity contribution in [2.45, 2.75) is 12.3 Å². The maximum atomic E-state index is 11.1. The summed E-state index contributed by atoms with van der Waals surface area (Å²) in [6.45, 7) is 1.90. The van der Waals surface area contributed by atoms with Gasteiger partial charge in [-0.05, 0) is 0 Å². The second kappa shape index (κ2) is 3.21. The lowest BCUT2D eigenvalue weighted by Crippen LogP contribution is -2.54. The zero-order chi connectivity index (χ0) is 11.3. The predicted molar refractivity (Wildman–Crippen MR) is 58.8 cm³/mol. The lowest BCUT2D eigenvalue weighted by Gasteiger charge is -2.43. The lowest BCUT2D eigenvalue weighted by atomic mass is 10.0. The van der Waals surface area contributed by atoms with Gasteiger partial charge in [0.2, 0.25) is 0 Å². The van der Waals surface area contributed by atoms with Crippen molar-refractivity contribution < 1.29 is 14.7 Å². The van der Waals surface area contributed by atoms with Gasteiger partial charge in [0.25, 0.3) is 5.91 Å². The number of thiocarbonyl (C=S) groups is 1. The van der Waals surface area contributed by atoms with Crippen molar-refractivity contribution >= 4 is 40.8 Å². The number of amides is 1. The van der Waals surface area contributed by atoms with Crippen LogP contribution in [0, 0.1) is 5.92 Å². The van der Waals surface area contributed by atoms with E-state index in [9.17, 15) is 9.59 Å². The minimum atomic E-state index is -1.16. The summed E-state index contributed by atoms with van der Waals surface area (Å²) in [5, 5.41) is 8.90. The van der Waals surface area contributed by atoms with E-state index < -0.39 is 11.9 Å². The Morgan fingerprint density at radius 1 is 1.60 bits per heavy atom. The largest absolute Gasteiger partial charge is 0.477 e. The van der Waals surface area contributed by atoms with Crippen molar-refractivity contribution in [3.63, 3.8) is 0 Å². The van der Waals surface area contributed by atoms with Crippen LogP contribution in [0.15, 0.2) is 10.6 Å². The van der Waals surface area contributed by atoms with Crippen LogP contribution in [-0.4, -0.2) is 32.2 Å². The Bertz CT molecular complexity index is 418. The van der Waals surface area contributed by atoms with E-state index in [1.165, 1.54) is 16.7 Å². The van der Waals surface area contributed by atoms with Gasteiger partial charge in [-0.25, -0.2) is 4.79 Å². The molecule has 2 heterocycles. The number of hydrogen-bond acceptors (Lipinski definition) is 4. The van der Waals surface area contributed by atoms with Crippen LogP contribution in [0.2, 0.25) is 0 Å². The summed E-state index contributed by atoms with van der Waals surface area (Å²) in [5.41, 5.74) is 5.05. The van der Waals surface area contributed by atoms with Crippen molar-refractivity contribution in [3.8, 4) is 0 Å². The summed E-state index contributed by atoms with van der Waals surface area (Å²) < 4.78 is 0. The smallest absolute Gasteiger partial charge is 0.353 e. The number of primary amides is 1. The first-order chi connectivity index (χ1) is 6.95. The molecule has 1 unspecified atom stereocenters. The molecule has 1 saturated heterocycles. The van der Waals surface area contributed by atoms with Crippen LogP contribution in [0.3, 0.4) is 0 Å². The highest BCUT2D eigenvalue weighted by Gasteiger charge is 2.52. The van der Waals surface area contributed by atoms with E-state index in [1.807, 2.05) is 6.92 Å². The molecule has 2 aliphatic rings. The van der Waals surface area contributed by atoms with E-state index in [2.05, 4.69) is 0 Å². The van der Waals surface area contributed by atoms with Crippen LogP contribution in [0.25, 0.3) is 0 Å². The molecule has 0 spiro atoms. The standard InChI is InChI=1S/C8H8N2O3S2/c1-2-6(14)10-3(8(12)13)4(5(9)11)15-7(2)10/h2,7H,1H3,(H2,9,11)(H,12,13)/t2?,7-/m0/s1. The maximum Gasteiger partial charge on any atom is 0.353 e. The Kier molecular flexibility index (Phi) is 2.23. The van der Waals surface area contributed by atoms with Gasteiger partial charge in [-0.2, -0.15) is 0 Å². The number of carboxylic acids is 1. The van der Waals surface area contributed by atoms with Gasteiger partial charge in [0.15, 0.2) is 0 Å². The summed E-state index contributed by atoms with van der Waals surface area (Å²) >= 11 is 6.22. The average molecular weight is 244 g/mol. The summed E-state index contributed by atoms with van der Waals surface area (Å²) in [4.78, 5) is 24.2. The van der Waals surface area contributed by atoms with Crippen molar-refractivity contribution in [2.24, 2.45) is 11.7 Å². The molecular formula is C8H8N2O3S2. The van der Waals surface area contributed by atoms with E-state index in [-0.39, 0.29) is 21.9 Å². The zero-order valence-corrected chi connectivity index (χ0v) is 9.39. The number of rotatable bonds is 2. The Balaban J connectivity index is 2.43. The maximum absolute atomic E-state index is 11.1. The molecule has 0 aromatic heterocycles. The lowest BCUT2D eigenvalue weighted by molar-refractivity contribution is -0.134. The van der Waals surface area contributed by atoms with Crippen molar-refractivity contribution in [1.82, 2.24) is 4.90 Å². The Morgan fingerprint density at radius 3 is 2.67 bits per heavy atom. The zero-order valence-electron chi connectivity index (χ0n) is 7.76. The molecule has 0 bridgehead atoms. The van der Waals surface area contributed by atoms with Crippen LogP contribution in [-0.2, 0) is 9.59 Å². The number of aliphatic carboxylic acids is 1. The first-order valence-corrected chi connectivity index (χ1v) is 5.51. The number of carbonyl (C=O) groups is 2. The first kappa shape index (κ1) is 10.4. The van der Waals surface area contributed by atoms with Crippen molar-refractivity contribution in [2.75, 3.05) is 0 Å². The number of thioether (sulfide) groups is 1. The van der Waals surface area contributed by atoms with E-state index in [0.717, 1.165) is 0 Å². The summed E-state index contributed by atoms with van der Waals surface area (Å²) in [7, 11) is 0. The molecule has 2 atom stereocenters. The molecular weight excluding hydrogens is 236 g/mol. The van der Waals surface area contributed by atoms with Crippen molar-refractivity contribution in [1.29, 1.82) is 0 Å². The Labute approximate surface area is 95.3 Å². The van der Waals surface area contributed by atoms with Gasteiger partial charge in [-0.3, -0.25) is 4.79 Å². The van der Waals surface area contributed by atoms with E-state index in [0.29, 0.717) is 4.99 Å². The van der Waals surface area contributed by atoms with Crippen molar-refractivity contribution in [3.05, 3.63) is 10.6 Å². The molecule has 15 heavy (non-hydrogen) atoms. The van der Waals surface area contributed by atoms with Crippen LogP contribution in [0.1, 0.15) is 6.92 Å². The predicted octanol–water partition coefficient (Wildman–Crippen LogP) is 0.120. The Hall–Kier alpha value is -1.08. The second-order valence-electron chi connectivity index (χ2n) is 3.35. The molecule has 1 amide bonds. The molecule has 0 saturated carbocycles. The molecule has 3 N–H and O–H groups in total. The molecule has 2 rings (SSSR count). The van der Waals surface area contributed by atoms with Crippen LogP contribution in [0.4, 0.5) is 0 Å². The fourth-order valence-corrected chi connectivity index (χ4v) is 3.46. The van der Waals surface area contributed by atoms with E-state index >= 15 is 0 Å². The SMILES string of the molecule is CC1C(=S)N2C(C(=O)O)=C(C(N)=O)S[C@@H]12. The topological polar surface area (TPSA) is 83.6 Å². The summed E-state index contributed by atoms with van der Waals surface area (Å²) in [6.07, 6.45) is 0. The van der Waals surface area contributed by atoms with Crippen LogP contribution < -0.4 is 5.73 Å². The number of carboxylic acid groups (broad SMARTS) is 1. The average Bonchev–Trinajstić information content (AvgIpc) is 2.53. The highest BCUT2D eigenvalue weighted by atomic mass is 32.2. The molecule has 0 aliphatic carbocycles. The van der Waals surface area contributed by atoms with E-state index in [4.69, 9.17) is 23.1 Å². The van der Waals surface area contributed by atoms with Crippen LogP contribution in [0.5, 0.6) is 0 Å². The molecule has 0 radical (unpaired) electrons. The monoisotopic (exact) mass is 244 g/mol. The molecule has 5 nitrogen and oxygen atoms in total. The third-order valence-electron chi connectivity index (χ3n) is 2.43. The Morgan fingerprint density at radius 2 is 2.20 bits per heavy atom. The fourth-order valence-electron chi connectivity index (χ4n) is 1.66. The van der Waals surface area contributed by atoms with Gasteiger partial charge in [-0.15, -0.1) is 0 Å². The third kappa shape index (κ3) is 1.26. The van der Waals surface area contributed by atoms with E-state index in [1.54, 1.807) is 0 Å². The molecule has 2 aliphatic heterocycles. The van der Waals surface area contributed by atoms with Gasteiger partial charge < -0.3 is 15.7 Å². The summed E-state index contributed by atoms with van der Waals surface area (Å²) in [6, 6.07) is 0. The second-order valence-corrected chi connectivity index (χ2v) is 4.90. The number of fused-ring (bicyclic) bond motifs is 1. The minimum Gasteiger partial charge on any atom is -0.477 e. The molecule has 1 fully saturated rings. The first-order valence-electron chi connectivity index (χ1n) is 4.22. The minimum absolute atomic E-state index is 0.0689. The quantitative estimate of drug-likeness (QED) is 0.671. The number of nitrogens with zero attached hydrogens (tertiary/aromatic N) is 1. The van der Waals surface area contributed by atoms with Gasteiger partial charge >= 0.3 is 5.97 Å². The third-order valence-corrected chi connectivity index (χ3v) is 4.49. The highest BCUT2D eigenvalue weighted by Crippen LogP contribution is 2.49. The molecule has 0 aromatic rings. The van der Waals surface area contributed by atoms with Crippen LogP contribution >= 0.6 is 24.0 Å². The number of nitrogens with two attached hydrogens (primary N) is 1. The molecule has 0 aromatic carbocycles. The molecule has 80 valence electrons. The normalized spacial score (nSPS) is 28.9. The number of carbonyl (C=O) groups excluding carboxylic acids is 1.